The average Bonchev–Trinajstić information content (AvgIpc) is 2.53. The molecule has 6 heteroatoms. The second-order valence-electron chi connectivity index (χ2n) is 5.39. The van der Waals surface area contributed by atoms with Crippen LogP contribution in [0.5, 0.6) is 11.5 Å². The summed E-state index contributed by atoms with van der Waals surface area (Å²) in [5, 5.41) is 0. The summed E-state index contributed by atoms with van der Waals surface area (Å²) in [5.74, 6) is 1.74. The number of benzene rings is 1. The lowest BCUT2D eigenvalue weighted by Gasteiger charge is -2.30. The van der Waals surface area contributed by atoms with E-state index in [1.165, 1.54) is 5.56 Å². The minimum absolute atomic E-state index is 0. The lowest BCUT2D eigenvalue weighted by atomic mass is 9.98. The van der Waals surface area contributed by atoms with Gasteiger partial charge in [0, 0.05) is 19.5 Å². The molecule has 5 nitrogen and oxygen atoms in total. The predicted molar refractivity (Wildman–Crippen MR) is 93.4 cm³/mol. The standard InChI is InChI=1S/C17H26N2O3.ClH/c1-3-21-15-10-13-7-9-19(17(20)6-5-8-18)12-14(13)11-16(15)22-4-2;/h10-11H,3-9,12,18H2,1-2H3;1H. The number of hydrogen-bond donors (Lipinski definition) is 1. The molecule has 1 amide bonds. The van der Waals surface area contributed by atoms with Gasteiger partial charge in [-0.2, -0.15) is 0 Å². The SMILES string of the molecule is CCOc1cc2c(cc1OCC)CN(C(=O)CCCN)CC2.Cl. The summed E-state index contributed by atoms with van der Waals surface area (Å²) in [7, 11) is 0. The lowest BCUT2D eigenvalue weighted by molar-refractivity contribution is -0.132. The van der Waals surface area contributed by atoms with E-state index in [9.17, 15) is 4.79 Å². The third-order valence-corrected chi connectivity index (χ3v) is 3.83. The van der Waals surface area contributed by atoms with Gasteiger partial charge in [0.15, 0.2) is 11.5 Å². The van der Waals surface area contributed by atoms with Crippen molar-refractivity contribution >= 4 is 18.3 Å². The van der Waals surface area contributed by atoms with E-state index in [2.05, 4.69) is 6.07 Å². The Morgan fingerprint density at radius 2 is 1.78 bits per heavy atom. The van der Waals surface area contributed by atoms with Crippen molar-refractivity contribution in [2.45, 2.75) is 39.7 Å². The van der Waals surface area contributed by atoms with Crippen LogP contribution in [0, 0.1) is 0 Å². The monoisotopic (exact) mass is 342 g/mol. The van der Waals surface area contributed by atoms with Crippen LogP contribution in [0.15, 0.2) is 12.1 Å². The molecular formula is C17H27ClN2O3. The van der Waals surface area contributed by atoms with Crippen LogP contribution in [0.25, 0.3) is 0 Å². The first-order valence-corrected chi connectivity index (χ1v) is 8.08. The first-order chi connectivity index (χ1) is 10.7. The second kappa shape index (κ2) is 9.63. The van der Waals surface area contributed by atoms with Gasteiger partial charge in [-0.05, 0) is 56.5 Å². The zero-order chi connectivity index (χ0) is 15.9. The van der Waals surface area contributed by atoms with Crippen LogP contribution in [0.1, 0.15) is 37.8 Å². The first-order valence-electron chi connectivity index (χ1n) is 8.08. The highest BCUT2D eigenvalue weighted by Crippen LogP contribution is 2.34. The van der Waals surface area contributed by atoms with Crippen LogP contribution in [-0.4, -0.2) is 37.1 Å². The molecule has 0 spiro atoms. The smallest absolute Gasteiger partial charge is 0.222 e. The number of amides is 1. The van der Waals surface area contributed by atoms with Gasteiger partial charge >= 0.3 is 0 Å². The summed E-state index contributed by atoms with van der Waals surface area (Å²) >= 11 is 0. The Hall–Kier alpha value is -1.46. The molecule has 2 N–H and O–H groups in total. The number of fused-ring (bicyclic) bond motifs is 1. The van der Waals surface area contributed by atoms with Gasteiger partial charge in [0.05, 0.1) is 13.2 Å². The summed E-state index contributed by atoms with van der Waals surface area (Å²) in [5.41, 5.74) is 7.88. The quantitative estimate of drug-likeness (QED) is 0.827. The van der Waals surface area contributed by atoms with Crippen LogP contribution in [0.4, 0.5) is 0 Å². The van der Waals surface area contributed by atoms with Crippen molar-refractivity contribution < 1.29 is 14.3 Å². The summed E-state index contributed by atoms with van der Waals surface area (Å²) in [4.78, 5) is 14.1. The molecule has 0 bridgehead atoms. The van der Waals surface area contributed by atoms with Crippen molar-refractivity contribution in [1.82, 2.24) is 4.90 Å². The Labute approximate surface area is 144 Å². The number of halogens is 1. The van der Waals surface area contributed by atoms with E-state index in [4.69, 9.17) is 15.2 Å². The van der Waals surface area contributed by atoms with E-state index >= 15 is 0 Å². The Kier molecular flexibility index (Phi) is 8.20. The van der Waals surface area contributed by atoms with Gasteiger partial charge in [-0.25, -0.2) is 0 Å². The van der Waals surface area contributed by atoms with Crippen LogP contribution in [0.3, 0.4) is 0 Å². The van der Waals surface area contributed by atoms with Crippen molar-refractivity contribution in [2.24, 2.45) is 5.73 Å². The van der Waals surface area contributed by atoms with Crippen molar-refractivity contribution in [3.8, 4) is 11.5 Å². The number of nitrogens with zero attached hydrogens (tertiary/aromatic N) is 1. The maximum Gasteiger partial charge on any atom is 0.222 e. The Balaban J connectivity index is 0.00000264. The van der Waals surface area contributed by atoms with Gasteiger partial charge in [0.1, 0.15) is 0 Å². The molecule has 0 atom stereocenters. The highest BCUT2D eigenvalue weighted by atomic mass is 35.5. The summed E-state index contributed by atoms with van der Waals surface area (Å²) in [6, 6.07) is 4.08. The van der Waals surface area contributed by atoms with E-state index in [-0.39, 0.29) is 18.3 Å². The molecule has 0 aliphatic carbocycles. The molecule has 0 saturated carbocycles. The van der Waals surface area contributed by atoms with Gasteiger partial charge < -0.3 is 20.1 Å². The Morgan fingerprint density at radius 3 is 2.35 bits per heavy atom. The topological polar surface area (TPSA) is 64.8 Å². The van der Waals surface area contributed by atoms with Crippen molar-refractivity contribution in [3.05, 3.63) is 23.3 Å². The largest absolute Gasteiger partial charge is 0.490 e. The fourth-order valence-electron chi connectivity index (χ4n) is 2.73. The molecule has 23 heavy (non-hydrogen) atoms. The second-order valence-corrected chi connectivity index (χ2v) is 5.39. The summed E-state index contributed by atoms with van der Waals surface area (Å²) < 4.78 is 11.3. The molecule has 0 fully saturated rings. The van der Waals surface area contributed by atoms with E-state index in [0.717, 1.165) is 36.4 Å². The highest BCUT2D eigenvalue weighted by Gasteiger charge is 2.22. The van der Waals surface area contributed by atoms with Gasteiger partial charge in [0.2, 0.25) is 5.91 Å². The fraction of sp³-hybridized carbons (Fsp3) is 0.588. The van der Waals surface area contributed by atoms with E-state index in [0.29, 0.717) is 32.7 Å². The van der Waals surface area contributed by atoms with Crippen LogP contribution < -0.4 is 15.2 Å². The molecule has 0 radical (unpaired) electrons. The number of nitrogens with two attached hydrogens (primary N) is 1. The summed E-state index contributed by atoms with van der Waals surface area (Å²) in [6.45, 7) is 7.09. The van der Waals surface area contributed by atoms with Crippen LogP contribution in [0.2, 0.25) is 0 Å². The van der Waals surface area contributed by atoms with Gasteiger partial charge in [-0.15, -0.1) is 12.4 Å². The van der Waals surface area contributed by atoms with Crippen LogP contribution in [-0.2, 0) is 17.8 Å². The van der Waals surface area contributed by atoms with Crippen LogP contribution >= 0.6 is 12.4 Å². The minimum atomic E-state index is 0. The molecule has 2 rings (SSSR count). The van der Waals surface area contributed by atoms with Gasteiger partial charge in [-0.1, -0.05) is 0 Å². The number of rotatable bonds is 7. The minimum Gasteiger partial charge on any atom is -0.490 e. The molecular weight excluding hydrogens is 316 g/mol. The van der Waals surface area contributed by atoms with Crippen molar-refractivity contribution in [2.75, 3.05) is 26.3 Å². The van der Waals surface area contributed by atoms with Gasteiger partial charge in [0.25, 0.3) is 0 Å². The maximum atomic E-state index is 12.2. The predicted octanol–water partition coefficient (Wildman–Crippen LogP) is 2.53. The molecule has 1 aromatic carbocycles. The molecule has 0 unspecified atom stereocenters. The lowest BCUT2D eigenvalue weighted by Crippen LogP contribution is -2.36. The molecule has 0 saturated heterocycles. The first kappa shape index (κ1) is 19.6. The molecule has 1 aliphatic heterocycles. The maximum absolute atomic E-state index is 12.2. The van der Waals surface area contributed by atoms with Crippen molar-refractivity contribution in [3.63, 3.8) is 0 Å². The summed E-state index contributed by atoms with van der Waals surface area (Å²) in [6.07, 6.45) is 2.13. The molecule has 1 heterocycles. The van der Waals surface area contributed by atoms with E-state index in [1.54, 1.807) is 0 Å². The Morgan fingerprint density at radius 1 is 1.17 bits per heavy atom. The fourth-order valence-corrected chi connectivity index (χ4v) is 2.73. The molecule has 130 valence electrons. The van der Waals surface area contributed by atoms with Crippen molar-refractivity contribution in [1.29, 1.82) is 0 Å². The van der Waals surface area contributed by atoms with Gasteiger partial charge in [-0.3, -0.25) is 4.79 Å². The van der Waals surface area contributed by atoms with E-state index in [1.807, 2.05) is 24.8 Å². The normalized spacial score (nSPS) is 13.1. The average molecular weight is 343 g/mol. The highest BCUT2D eigenvalue weighted by molar-refractivity contribution is 5.85. The number of hydrogen-bond acceptors (Lipinski definition) is 4. The third kappa shape index (κ3) is 5.01. The molecule has 1 aromatic rings. The number of carbonyl (C=O) groups is 1. The van der Waals surface area contributed by atoms with E-state index < -0.39 is 0 Å². The zero-order valence-electron chi connectivity index (χ0n) is 14.0. The number of ether oxygens (including phenoxy) is 2. The zero-order valence-corrected chi connectivity index (χ0v) is 14.8. The molecule has 0 aromatic heterocycles. The third-order valence-electron chi connectivity index (χ3n) is 3.83. The molecule has 1 aliphatic rings. The number of carbonyl (C=O) groups excluding carboxylic acids is 1. The Bertz CT molecular complexity index is 523.